The maximum atomic E-state index is 12.4. The Morgan fingerprint density at radius 3 is 2.08 bits per heavy atom. The first-order valence-electron chi connectivity index (χ1n) is 12.7. The fourth-order valence-electron chi connectivity index (χ4n) is 6.01. The molecule has 190 valence electrons. The minimum absolute atomic E-state index is 0.0153. The summed E-state index contributed by atoms with van der Waals surface area (Å²) >= 11 is 0. The summed E-state index contributed by atoms with van der Waals surface area (Å²) in [6, 6.07) is 32.3. The van der Waals surface area contributed by atoms with E-state index in [2.05, 4.69) is 5.32 Å². The first kappa shape index (κ1) is 23.9. The zero-order valence-electron chi connectivity index (χ0n) is 20.5. The maximum absolute atomic E-state index is 12.4. The van der Waals surface area contributed by atoms with Gasteiger partial charge in [-0.15, -0.1) is 0 Å². The number of aliphatic carboxylic acids is 1. The van der Waals surface area contributed by atoms with Crippen molar-refractivity contribution < 1.29 is 24.5 Å². The number of benzene rings is 4. The molecule has 0 aromatic heterocycles. The molecule has 0 bridgehead atoms. The lowest BCUT2D eigenvalue weighted by molar-refractivity contribution is -0.165. The van der Waals surface area contributed by atoms with Crippen LogP contribution in [-0.2, 0) is 16.0 Å². The number of hydrogen-bond acceptors (Lipinski definition) is 4. The van der Waals surface area contributed by atoms with E-state index in [1.165, 1.54) is 0 Å². The standard InChI is InChI=1S/C32H27NO5/c34-26-18-23-15-14-22(17-25(23)33-26)21-12-7-13-24(16-21)38-32(37)30-27(19-8-3-1-4-9-19)29(31(35)36)28(30)20-10-5-2-6-11-20/h1-17,27-30,32,37H,18H2,(H,33,34)(H,35,36)/t27-,28-,29?,30?,32+/m0/s1. The van der Waals surface area contributed by atoms with Crippen molar-refractivity contribution in [1.82, 2.24) is 0 Å². The summed E-state index contributed by atoms with van der Waals surface area (Å²) in [6.07, 6.45) is -0.843. The van der Waals surface area contributed by atoms with Crippen molar-refractivity contribution in [2.75, 3.05) is 5.32 Å². The Hall–Kier alpha value is -4.42. The largest absolute Gasteiger partial charge is 0.481 e. The molecule has 1 aliphatic heterocycles. The summed E-state index contributed by atoms with van der Waals surface area (Å²) in [4.78, 5) is 24.2. The molecule has 1 aliphatic carbocycles. The Morgan fingerprint density at radius 2 is 1.45 bits per heavy atom. The number of aliphatic hydroxyl groups is 1. The highest BCUT2D eigenvalue weighted by Gasteiger charge is 2.58. The SMILES string of the molecule is O=C1Cc2ccc(-c3cccc(O[C@@H](O)C4[C@@H](c5ccccc5)C(C(=O)O)[C@@H]4c4ccccc4)c3)cc2N1. The summed E-state index contributed by atoms with van der Waals surface area (Å²) < 4.78 is 6.11. The normalized spacial score (nSPS) is 22.6. The number of hydrogen-bond donors (Lipinski definition) is 3. The van der Waals surface area contributed by atoms with Crippen molar-refractivity contribution >= 4 is 17.6 Å². The number of anilines is 1. The maximum Gasteiger partial charge on any atom is 0.307 e. The first-order valence-corrected chi connectivity index (χ1v) is 12.7. The molecule has 0 saturated heterocycles. The molecule has 1 heterocycles. The van der Waals surface area contributed by atoms with E-state index in [1.807, 2.05) is 97.1 Å². The smallest absolute Gasteiger partial charge is 0.307 e. The molecule has 0 unspecified atom stereocenters. The lowest BCUT2D eigenvalue weighted by Crippen LogP contribution is -2.53. The fraction of sp³-hybridized carbons (Fsp3) is 0.188. The van der Waals surface area contributed by atoms with E-state index in [0.29, 0.717) is 12.2 Å². The monoisotopic (exact) mass is 505 g/mol. The Morgan fingerprint density at radius 1 is 0.816 bits per heavy atom. The van der Waals surface area contributed by atoms with Crippen molar-refractivity contribution in [2.24, 2.45) is 11.8 Å². The molecule has 6 heteroatoms. The number of carbonyl (C=O) groups excluding carboxylic acids is 1. The lowest BCUT2D eigenvalue weighted by atomic mass is 9.52. The van der Waals surface area contributed by atoms with Crippen LogP contribution in [0.25, 0.3) is 11.1 Å². The molecule has 1 fully saturated rings. The van der Waals surface area contributed by atoms with Gasteiger partial charge in [0, 0.05) is 23.4 Å². The molecule has 4 aromatic carbocycles. The molecule has 1 saturated carbocycles. The van der Waals surface area contributed by atoms with Crippen molar-refractivity contribution in [3.05, 3.63) is 120 Å². The Balaban J connectivity index is 1.31. The van der Waals surface area contributed by atoms with Gasteiger partial charge in [-0.05, 0) is 46.0 Å². The van der Waals surface area contributed by atoms with Gasteiger partial charge in [0.15, 0.2) is 0 Å². The lowest BCUT2D eigenvalue weighted by Gasteiger charge is -2.52. The number of nitrogens with one attached hydrogen (secondary N) is 1. The summed E-state index contributed by atoms with van der Waals surface area (Å²) in [6.45, 7) is 0. The highest BCUT2D eigenvalue weighted by Crippen LogP contribution is 2.59. The van der Waals surface area contributed by atoms with Crippen LogP contribution in [0.5, 0.6) is 5.75 Å². The predicted molar refractivity (Wildman–Crippen MR) is 144 cm³/mol. The Kier molecular flexibility index (Phi) is 6.18. The van der Waals surface area contributed by atoms with Crippen molar-refractivity contribution in [3.8, 4) is 16.9 Å². The van der Waals surface area contributed by atoms with E-state index in [-0.39, 0.29) is 5.91 Å². The number of carbonyl (C=O) groups is 2. The second-order valence-electron chi connectivity index (χ2n) is 9.95. The van der Waals surface area contributed by atoms with Crippen LogP contribution in [0, 0.1) is 11.8 Å². The molecule has 0 spiro atoms. The molecule has 4 aromatic rings. The molecule has 6 nitrogen and oxygen atoms in total. The molecule has 38 heavy (non-hydrogen) atoms. The van der Waals surface area contributed by atoms with E-state index < -0.39 is 35.9 Å². The third kappa shape index (κ3) is 4.33. The topological polar surface area (TPSA) is 95.9 Å². The summed E-state index contributed by atoms with van der Waals surface area (Å²) in [5, 5.41) is 24.5. The van der Waals surface area contributed by atoms with Gasteiger partial charge in [-0.3, -0.25) is 9.59 Å². The van der Waals surface area contributed by atoms with Crippen LogP contribution in [0.15, 0.2) is 103 Å². The number of amides is 1. The van der Waals surface area contributed by atoms with Gasteiger partial charge >= 0.3 is 5.97 Å². The van der Waals surface area contributed by atoms with Crippen LogP contribution in [0.3, 0.4) is 0 Å². The van der Waals surface area contributed by atoms with Crippen LogP contribution < -0.4 is 10.1 Å². The molecular formula is C32H27NO5. The van der Waals surface area contributed by atoms with Gasteiger partial charge < -0.3 is 20.3 Å². The van der Waals surface area contributed by atoms with Crippen LogP contribution in [0.4, 0.5) is 5.69 Å². The second kappa shape index (κ2) is 9.80. The molecular weight excluding hydrogens is 478 g/mol. The quantitative estimate of drug-likeness (QED) is 0.291. The van der Waals surface area contributed by atoms with Crippen molar-refractivity contribution in [3.63, 3.8) is 0 Å². The Labute approximate surface area is 220 Å². The Bertz CT molecular complexity index is 1440. The van der Waals surface area contributed by atoms with Crippen LogP contribution in [-0.4, -0.2) is 28.4 Å². The average molecular weight is 506 g/mol. The second-order valence-corrected chi connectivity index (χ2v) is 9.95. The van der Waals surface area contributed by atoms with E-state index >= 15 is 0 Å². The number of ether oxygens (including phenoxy) is 1. The van der Waals surface area contributed by atoms with Gasteiger partial charge in [0.2, 0.25) is 12.2 Å². The van der Waals surface area contributed by atoms with E-state index in [0.717, 1.165) is 33.5 Å². The molecule has 3 atom stereocenters. The average Bonchev–Trinajstić information content (AvgIpc) is 3.28. The summed E-state index contributed by atoms with van der Waals surface area (Å²) in [5.74, 6) is -2.37. The van der Waals surface area contributed by atoms with Gasteiger partial charge in [-0.25, -0.2) is 0 Å². The fourth-order valence-corrected chi connectivity index (χ4v) is 6.01. The molecule has 1 amide bonds. The third-order valence-corrected chi connectivity index (χ3v) is 7.75. The summed E-state index contributed by atoms with van der Waals surface area (Å²) in [5.41, 5.74) is 5.32. The van der Waals surface area contributed by atoms with Gasteiger partial charge in [0.05, 0.1) is 12.3 Å². The number of carboxylic acids is 1. The molecule has 6 rings (SSSR count). The van der Waals surface area contributed by atoms with Crippen molar-refractivity contribution in [1.29, 1.82) is 0 Å². The highest BCUT2D eigenvalue weighted by atomic mass is 16.6. The van der Waals surface area contributed by atoms with E-state index in [1.54, 1.807) is 6.07 Å². The number of aliphatic hydroxyl groups excluding tert-OH is 1. The van der Waals surface area contributed by atoms with Crippen molar-refractivity contribution in [2.45, 2.75) is 24.5 Å². The molecule has 3 N–H and O–H groups in total. The van der Waals surface area contributed by atoms with Crippen LogP contribution in [0.1, 0.15) is 28.5 Å². The predicted octanol–water partition coefficient (Wildman–Crippen LogP) is 5.44. The zero-order valence-corrected chi connectivity index (χ0v) is 20.5. The molecule has 0 radical (unpaired) electrons. The van der Waals surface area contributed by atoms with Crippen LogP contribution >= 0.6 is 0 Å². The highest BCUT2D eigenvalue weighted by molar-refractivity contribution is 6.00. The van der Waals surface area contributed by atoms with Gasteiger partial charge in [-0.2, -0.15) is 0 Å². The van der Waals surface area contributed by atoms with Gasteiger partial charge in [-0.1, -0.05) is 84.9 Å². The first-order chi connectivity index (χ1) is 18.5. The number of carboxylic acid groups (broad SMARTS) is 1. The number of rotatable bonds is 7. The van der Waals surface area contributed by atoms with E-state index in [9.17, 15) is 19.8 Å². The zero-order chi connectivity index (χ0) is 26.2. The minimum atomic E-state index is -1.23. The van der Waals surface area contributed by atoms with Gasteiger partial charge in [0.1, 0.15) is 5.75 Å². The summed E-state index contributed by atoms with van der Waals surface area (Å²) in [7, 11) is 0. The number of fused-ring (bicyclic) bond motifs is 1. The van der Waals surface area contributed by atoms with Gasteiger partial charge in [0.25, 0.3) is 0 Å². The van der Waals surface area contributed by atoms with E-state index in [4.69, 9.17) is 4.74 Å². The molecule has 2 aliphatic rings. The third-order valence-electron chi connectivity index (χ3n) is 7.75. The van der Waals surface area contributed by atoms with Crippen LogP contribution in [0.2, 0.25) is 0 Å². The minimum Gasteiger partial charge on any atom is -0.481 e.